The van der Waals surface area contributed by atoms with Gasteiger partial charge in [-0.15, -0.1) is 0 Å². The van der Waals surface area contributed by atoms with E-state index in [9.17, 15) is 22.8 Å². The van der Waals surface area contributed by atoms with Crippen LogP contribution in [0, 0.1) is 0 Å². The first-order valence-electron chi connectivity index (χ1n) is 6.45. The van der Waals surface area contributed by atoms with E-state index in [1.807, 2.05) is 0 Å². The van der Waals surface area contributed by atoms with Gasteiger partial charge in [0.15, 0.2) is 0 Å². The number of carbonyl (C=O) groups excluding carboxylic acids is 1. The SMILES string of the molecule is Cn1cc(C(=O)NN=Cc2ccccc2C(F)(F)F)ccc1=O. The molecule has 0 bridgehead atoms. The summed E-state index contributed by atoms with van der Waals surface area (Å²) >= 11 is 0. The van der Waals surface area contributed by atoms with E-state index in [1.54, 1.807) is 0 Å². The summed E-state index contributed by atoms with van der Waals surface area (Å²) in [6.45, 7) is 0. The molecule has 0 spiro atoms. The summed E-state index contributed by atoms with van der Waals surface area (Å²) in [5.74, 6) is -0.638. The molecule has 2 aromatic rings. The molecule has 0 saturated heterocycles. The number of aromatic nitrogens is 1. The van der Waals surface area contributed by atoms with Crippen LogP contribution in [0.5, 0.6) is 0 Å². The Morgan fingerprint density at radius 2 is 1.91 bits per heavy atom. The molecule has 0 saturated carbocycles. The van der Waals surface area contributed by atoms with Crippen LogP contribution in [-0.4, -0.2) is 16.7 Å². The van der Waals surface area contributed by atoms with E-state index in [4.69, 9.17) is 0 Å². The maximum atomic E-state index is 12.8. The van der Waals surface area contributed by atoms with Crippen LogP contribution in [0.2, 0.25) is 0 Å². The van der Waals surface area contributed by atoms with Gasteiger partial charge in [0.05, 0.1) is 17.3 Å². The Morgan fingerprint density at radius 3 is 2.57 bits per heavy atom. The van der Waals surface area contributed by atoms with Crippen LogP contribution < -0.4 is 11.0 Å². The van der Waals surface area contributed by atoms with Crippen molar-refractivity contribution in [1.82, 2.24) is 9.99 Å². The highest BCUT2D eigenvalue weighted by atomic mass is 19.4. The van der Waals surface area contributed by atoms with Gasteiger partial charge in [-0.05, 0) is 12.1 Å². The van der Waals surface area contributed by atoms with Gasteiger partial charge in [0.2, 0.25) is 5.56 Å². The lowest BCUT2D eigenvalue weighted by molar-refractivity contribution is -0.137. The Hall–Kier alpha value is -2.90. The van der Waals surface area contributed by atoms with Crippen molar-refractivity contribution in [2.45, 2.75) is 6.18 Å². The number of carbonyl (C=O) groups is 1. The monoisotopic (exact) mass is 323 g/mol. The lowest BCUT2D eigenvalue weighted by Gasteiger charge is -2.09. The number of nitrogens with one attached hydrogen (secondary N) is 1. The normalized spacial score (nSPS) is 11.7. The van der Waals surface area contributed by atoms with Crippen LogP contribution in [0.3, 0.4) is 0 Å². The zero-order valence-electron chi connectivity index (χ0n) is 12.0. The molecule has 0 fully saturated rings. The summed E-state index contributed by atoms with van der Waals surface area (Å²) in [5, 5.41) is 3.53. The Kier molecular flexibility index (Phi) is 4.63. The van der Waals surface area contributed by atoms with Crippen LogP contribution in [0.1, 0.15) is 21.5 Å². The summed E-state index contributed by atoms with van der Waals surface area (Å²) in [6, 6.07) is 7.38. The number of hydrogen-bond acceptors (Lipinski definition) is 3. The maximum Gasteiger partial charge on any atom is 0.417 e. The van der Waals surface area contributed by atoms with E-state index < -0.39 is 17.6 Å². The average Bonchev–Trinajstić information content (AvgIpc) is 2.49. The summed E-state index contributed by atoms with van der Waals surface area (Å²) in [4.78, 5) is 23.0. The van der Waals surface area contributed by atoms with Crippen molar-refractivity contribution in [3.05, 3.63) is 69.6 Å². The zero-order chi connectivity index (χ0) is 17.0. The van der Waals surface area contributed by atoms with Gasteiger partial charge in [0.25, 0.3) is 5.91 Å². The number of pyridine rings is 1. The molecule has 1 aromatic heterocycles. The molecule has 0 aliphatic rings. The molecule has 23 heavy (non-hydrogen) atoms. The van der Waals surface area contributed by atoms with Crippen LogP contribution in [0.25, 0.3) is 0 Å². The molecular weight excluding hydrogens is 311 g/mol. The predicted molar refractivity (Wildman–Crippen MR) is 78.2 cm³/mol. The maximum absolute atomic E-state index is 12.8. The molecule has 1 heterocycles. The second-order valence-electron chi connectivity index (χ2n) is 4.65. The molecule has 1 amide bonds. The number of hydrogen-bond donors (Lipinski definition) is 1. The van der Waals surface area contributed by atoms with Gasteiger partial charge in [-0.25, -0.2) is 5.43 Å². The molecule has 0 unspecified atom stereocenters. The standard InChI is InChI=1S/C15H12F3N3O2/c1-21-9-11(6-7-13(21)22)14(23)20-19-8-10-4-2-3-5-12(10)15(16,17)18/h2-9H,1H3,(H,20,23). The average molecular weight is 323 g/mol. The van der Waals surface area contributed by atoms with E-state index in [2.05, 4.69) is 10.5 Å². The third-order valence-electron chi connectivity index (χ3n) is 2.98. The van der Waals surface area contributed by atoms with E-state index in [-0.39, 0.29) is 16.7 Å². The lowest BCUT2D eigenvalue weighted by atomic mass is 10.1. The summed E-state index contributed by atoms with van der Waals surface area (Å²) in [6.07, 6.45) is -2.29. The quantitative estimate of drug-likeness (QED) is 0.695. The Labute approximate surface area is 129 Å². The van der Waals surface area contributed by atoms with Gasteiger partial charge in [-0.3, -0.25) is 9.59 Å². The fourth-order valence-corrected chi connectivity index (χ4v) is 1.82. The number of nitrogens with zero attached hydrogens (tertiary/aromatic N) is 2. The number of halogens is 3. The molecule has 0 atom stereocenters. The predicted octanol–water partition coefficient (Wildman–Crippen LogP) is 2.17. The minimum absolute atomic E-state index is 0.161. The Morgan fingerprint density at radius 1 is 1.22 bits per heavy atom. The van der Waals surface area contributed by atoms with Crippen molar-refractivity contribution < 1.29 is 18.0 Å². The summed E-state index contributed by atoms with van der Waals surface area (Å²) < 4.78 is 39.6. The highest BCUT2D eigenvalue weighted by molar-refractivity contribution is 5.94. The van der Waals surface area contributed by atoms with Crippen molar-refractivity contribution in [3.63, 3.8) is 0 Å². The third kappa shape index (κ3) is 4.06. The molecule has 120 valence electrons. The van der Waals surface area contributed by atoms with Gasteiger partial charge in [-0.2, -0.15) is 18.3 Å². The van der Waals surface area contributed by atoms with E-state index in [0.29, 0.717) is 0 Å². The van der Waals surface area contributed by atoms with Crippen molar-refractivity contribution in [2.75, 3.05) is 0 Å². The van der Waals surface area contributed by atoms with Crippen LogP contribution in [-0.2, 0) is 13.2 Å². The molecule has 0 aliphatic carbocycles. The van der Waals surface area contributed by atoms with E-state index in [0.717, 1.165) is 12.3 Å². The number of alkyl halides is 3. The first-order valence-corrected chi connectivity index (χ1v) is 6.45. The largest absolute Gasteiger partial charge is 0.417 e. The molecule has 8 heteroatoms. The molecule has 1 N–H and O–H groups in total. The first kappa shape index (κ1) is 16.5. The van der Waals surface area contributed by atoms with Crippen LogP contribution in [0.4, 0.5) is 13.2 Å². The zero-order valence-corrected chi connectivity index (χ0v) is 12.0. The molecule has 2 rings (SSSR count). The Bertz CT molecular complexity index is 810. The highest BCUT2D eigenvalue weighted by Crippen LogP contribution is 2.30. The van der Waals surface area contributed by atoms with Crippen LogP contribution in [0.15, 0.2) is 52.5 Å². The minimum Gasteiger partial charge on any atom is -0.318 e. The van der Waals surface area contributed by atoms with Crippen molar-refractivity contribution in [2.24, 2.45) is 12.1 Å². The molecule has 0 radical (unpaired) electrons. The number of aryl methyl sites for hydroxylation is 1. The lowest BCUT2D eigenvalue weighted by Crippen LogP contribution is -2.22. The van der Waals surface area contributed by atoms with Gasteiger partial charge in [0.1, 0.15) is 0 Å². The Balaban J connectivity index is 2.15. The van der Waals surface area contributed by atoms with Crippen molar-refractivity contribution in [3.8, 4) is 0 Å². The van der Waals surface area contributed by atoms with E-state index >= 15 is 0 Å². The summed E-state index contributed by atoms with van der Waals surface area (Å²) in [5.41, 5.74) is 0.980. The molecule has 5 nitrogen and oxygen atoms in total. The number of hydrazone groups is 1. The smallest absolute Gasteiger partial charge is 0.318 e. The highest BCUT2D eigenvalue weighted by Gasteiger charge is 2.32. The fraction of sp³-hybridized carbons (Fsp3) is 0.133. The minimum atomic E-state index is -4.51. The fourth-order valence-electron chi connectivity index (χ4n) is 1.82. The molecule has 0 aliphatic heterocycles. The number of benzene rings is 1. The number of amides is 1. The second kappa shape index (κ2) is 6.47. The first-order chi connectivity index (χ1) is 10.8. The second-order valence-corrected chi connectivity index (χ2v) is 4.65. The van der Waals surface area contributed by atoms with Gasteiger partial charge >= 0.3 is 6.18 Å². The third-order valence-corrected chi connectivity index (χ3v) is 2.98. The molecular formula is C15H12F3N3O2. The van der Waals surface area contributed by atoms with Gasteiger partial charge in [0, 0.05) is 24.9 Å². The van der Waals surface area contributed by atoms with Gasteiger partial charge in [-0.1, -0.05) is 18.2 Å². The van der Waals surface area contributed by atoms with Crippen molar-refractivity contribution in [1.29, 1.82) is 0 Å². The summed E-state index contributed by atoms with van der Waals surface area (Å²) in [7, 11) is 1.47. The molecule has 1 aromatic carbocycles. The topological polar surface area (TPSA) is 63.5 Å². The van der Waals surface area contributed by atoms with Gasteiger partial charge < -0.3 is 4.57 Å². The van der Waals surface area contributed by atoms with Crippen molar-refractivity contribution >= 4 is 12.1 Å². The number of rotatable bonds is 3. The van der Waals surface area contributed by atoms with Crippen LogP contribution >= 0.6 is 0 Å². The van der Waals surface area contributed by atoms with E-state index in [1.165, 1.54) is 48.1 Å².